The zero-order valence-electron chi connectivity index (χ0n) is 46.9. The van der Waals surface area contributed by atoms with Gasteiger partial charge in [-0.3, -0.25) is 14.4 Å². The molecule has 0 N–H and O–H groups in total. The van der Waals surface area contributed by atoms with Gasteiger partial charge in [0.2, 0.25) is 0 Å². The van der Waals surface area contributed by atoms with Gasteiger partial charge in [-0.05, 0) is 109 Å². The Morgan fingerprint density at radius 2 is 0.542 bits per heavy atom. The van der Waals surface area contributed by atoms with E-state index >= 15 is 0 Å². The molecule has 0 bridgehead atoms. The second-order valence-electron chi connectivity index (χ2n) is 19.5. The lowest BCUT2D eigenvalue weighted by atomic mass is 10.1. The van der Waals surface area contributed by atoms with Crippen molar-refractivity contribution in [1.29, 1.82) is 0 Å². The van der Waals surface area contributed by atoms with Gasteiger partial charge >= 0.3 is 17.9 Å². The maximum absolute atomic E-state index is 12.8. The van der Waals surface area contributed by atoms with Crippen LogP contribution in [0.15, 0.2) is 109 Å². The molecule has 0 aliphatic carbocycles. The number of hydrogen-bond donors (Lipinski definition) is 0. The number of hydrogen-bond acceptors (Lipinski definition) is 6. The molecule has 0 saturated heterocycles. The summed E-state index contributed by atoms with van der Waals surface area (Å²) in [5.41, 5.74) is 0. The molecule has 1 atom stereocenters. The van der Waals surface area contributed by atoms with Crippen molar-refractivity contribution in [2.45, 2.75) is 277 Å². The molecule has 6 nitrogen and oxygen atoms in total. The van der Waals surface area contributed by atoms with Crippen LogP contribution >= 0.6 is 0 Å². The Kier molecular flexibility index (Phi) is 56.4. The number of ether oxygens (including phenoxy) is 3. The molecule has 0 spiro atoms. The smallest absolute Gasteiger partial charge is 0.306 e. The lowest BCUT2D eigenvalue weighted by molar-refractivity contribution is -0.167. The maximum atomic E-state index is 12.8. The summed E-state index contributed by atoms with van der Waals surface area (Å²) in [6.45, 7) is 6.46. The molecular weight excluding hydrogens is 889 g/mol. The summed E-state index contributed by atoms with van der Waals surface area (Å²) in [4.78, 5) is 38.1. The van der Waals surface area contributed by atoms with E-state index in [1.807, 2.05) is 0 Å². The van der Waals surface area contributed by atoms with Crippen molar-refractivity contribution in [3.63, 3.8) is 0 Å². The highest BCUT2D eigenvalue weighted by atomic mass is 16.6. The summed E-state index contributed by atoms with van der Waals surface area (Å²) in [7, 11) is 0. The predicted molar refractivity (Wildman–Crippen MR) is 311 cm³/mol. The summed E-state index contributed by atoms with van der Waals surface area (Å²) < 4.78 is 16.8. The molecule has 1 unspecified atom stereocenters. The normalized spacial score (nSPS) is 12.9. The van der Waals surface area contributed by atoms with Gasteiger partial charge in [0, 0.05) is 19.3 Å². The standard InChI is InChI=1S/C66H110O6/c1-4-7-10-13-16-19-21-23-25-27-29-30-31-32-33-34-35-36-38-39-41-43-45-47-50-53-56-59-65(68)71-62-63(61-70-64(67)58-55-52-49-18-15-12-9-6-3)72-66(69)60-57-54-51-48-46-44-42-40-37-28-26-24-22-20-17-14-11-8-5-2/h7,10,16-17,19-20,23-26,29-30,32-33,35-37,40,63H,4-6,8-9,11-15,18,21-22,27-28,31,34,38-39,41-62H2,1-3H3/b10-7-,19-16-,20-17-,25-23-,26-24-,30-29-,33-32-,36-35-,40-37-. The van der Waals surface area contributed by atoms with Crippen LogP contribution in [0.1, 0.15) is 271 Å². The van der Waals surface area contributed by atoms with Gasteiger partial charge in [0.15, 0.2) is 6.10 Å². The third-order valence-electron chi connectivity index (χ3n) is 12.5. The Balaban J connectivity index is 4.26. The van der Waals surface area contributed by atoms with Gasteiger partial charge in [-0.25, -0.2) is 0 Å². The molecule has 0 aromatic carbocycles. The van der Waals surface area contributed by atoms with Crippen LogP contribution in [0.4, 0.5) is 0 Å². The molecule has 0 aliphatic heterocycles. The van der Waals surface area contributed by atoms with Gasteiger partial charge < -0.3 is 14.2 Å². The molecule has 0 aromatic heterocycles. The highest BCUT2D eigenvalue weighted by molar-refractivity contribution is 5.71. The monoisotopic (exact) mass is 999 g/mol. The topological polar surface area (TPSA) is 78.9 Å². The van der Waals surface area contributed by atoms with Gasteiger partial charge in [0.25, 0.3) is 0 Å². The summed E-state index contributed by atoms with van der Waals surface area (Å²) in [5.74, 6) is -0.910. The quantitative estimate of drug-likeness (QED) is 0.0261. The minimum Gasteiger partial charge on any atom is -0.462 e. The largest absolute Gasteiger partial charge is 0.462 e. The molecule has 0 aliphatic rings. The van der Waals surface area contributed by atoms with Gasteiger partial charge in [-0.15, -0.1) is 0 Å². The molecular formula is C66H110O6. The van der Waals surface area contributed by atoms with Crippen LogP contribution < -0.4 is 0 Å². The minimum atomic E-state index is -0.788. The fourth-order valence-electron chi connectivity index (χ4n) is 8.04. The molecule has 0 heterocycles. The van der Waals surface area contributed by atoms with Crippen LogP contribution in [0.25, 0.3) is 0 Å². The van der Waals surface area contributed by atoms with Crippen molar-refractivity contribution in [1.82, 2.24) is 0 Å². The maximum Gasteiger partial charge on any atom is 0.306 e. The Hall–Kier alpha value is -3.93. The third kappa shape index (κ3) is 57.0. The summed E-state index contributed by atoms with van der Waals surface area (Å²) in [5, 5.41) is 0. The van der Waals surface area contributed by atoms with Crippen LogP contribution in [0, 0.1) is 0 Å². The first-order valence-corrected chi connectivity index (χ1v) is 29.9. The molecule has 72 heavy (non-hydrogen) atoms. The lowest BCUT2D eigenvalue weighted by Crippen LogP contribution is -2.30. The number of carbonyl (C=O) groups excluding carboxylic acids is 3. The number of unbranched alkanes of at least 4 members (excludes halogenated alkanes) is 24. The molecule has 0 aromatic rings. The van der Waals surface area contributed by atoms with Crippen molar-refractivity contribution in [2.24, 2.45) is 0 Å². The minimum absolute atomic E-state index is 0.0858. The number of rotatable bonds is 53. The van der Waals surface area contributed by atoms with E-state index in [1.165, 1.54) is 103 Å². The van der Waals surface area contributed by atoms with Crippen molar-refractivity contribution in [2.75, 3.05) is 13.2 Å². The van der Waals surface area contributed by atoms with Crippen molar-refractivity contribution < 1.29 is 28.6 Å². The van der Waals surface area contributed by atoms with Crippen LogP contribution in [0.5, 0.6) is 0 Å². The highest BCUT2D eigenvalue weighted by Crippen LogP contribution is 2.15. The van der Waals surface area contributed by atoms with E-state index < -0.39 is 6.10 Å². The van der Waals surface area contributed by atoms with Gasteiger partial charge in [0.05, 0.1) is 0 Å². The fourth-order valence-corrected chi connectivity index (χ4v) is 8.04. The molecule has 0 saturated carbocycles. The van der Waals surface area contributed by atoms with Crippen LogP contribution in [-0.4, -0.2) is 37.2 Å². The van der Waals surface area contributed by atoms with Crippen LogP contribution in [-0.2, 0) is 28.6 Å². The summed E-state index contributed by atoms with van der Waals surface area (Å²) in [6.07, 6.45) is 80.9. The lowest BCUT2D eigenvalue weighted by Gasteiger charge is -2.18. The Bertz CT molecular complexity index is 1470. The van der Waals surface area contributed by atoms with Crippen LogP contribution in [0.2, 0.25) is 0 Å². The molecule has 6 heteroatoms. The molecule has 0 amide bonds. The fraction of sp³-hybridized carbons (Fsp3) is 0.682. The zero-order chi connectivity index (χ0) is 52.2. The number of esters is 3. The molecule has 0 rings (SSSR count). The van der Waals surface area contributed by atoms with Gasteiger partial charge in [-0.1, -0.05) is 252 Å². The van der Waals surface area contributed by atoms with Gasteiger partial charge in [-0.2, -0.15) is 0 Å². The Morgan fingerprint density at radius 1 is 0.292 bits per heavy atom. The zero-order valence-corrected chi connectivity index (χ0v) is 46.9. The predicted octanol–water partition coefficient (Wildman–Crippen LogP) is 20.3. The first kappa shape index (κ1) is 68.1. The second-order valence-corrected chi connectivity index (χ2v) is 19.5. The van der Waals surface area contributed by atoms with E-state index in [2.05, 4.69) is 130 Å². The number of carbonyl (C=O) groups is 3. The Morgan fingerprint density at radius 3 is 0.875 bits per heavy atom. The SMILES string of the molecule is CC/C=C\C/C=C\C/C=C\C/C=C\C/C=C\C/C=C\CCCCCCCCCCC(=O)OCC(COC(=O)CCCCCCCCCC)OC(=O)CCCCCCCC/C=C\C/C=C\C/C=C\CCCCC. The second kappa shape index (κ2) is 59.6. The first-order chi connectivity index (χ1) is 35.5. The summed E-state index contributed by atoms with van der Waals surface area (Å²) in [6, 6.07) is 0. The van der Waals surface area contributed by atoms with Crippen LogP contribution in [0.3, 0.4) is 0 Å². The van der Waals surface area contributed by atoms with E-state index in [9.17, 15) is 14.4 Å². The van der Waals surface area contributed by atoms with E-state index in [4.69, 9.17) is 14.2 Å². The van der Waals surface area contributed by atoms with Gasteiger partial charge in [0.1, 0.15) is 13.2 Å². The number of allylic oxidation sites excluding steroid dienone is 18. The first-order valence-electron chi connectivity index (χ1n) is 29.9. The van der Waals surface area contributed by atoms with E-state index in [0.29, 0.717) is 19.3 Å². The van der Waals surface area contributed by atoms with Crippen molar-refractivity contribution in [3.8, 4) is 0 Å². The van der Waals surface area contributed by atoms with E-state index in [1.54, 1.807) is 0 Å². The Labute approximate surface area is 444 Å². The average Bonchev–Trinajstić information content (AvgIpc) is 3.38. The molecule has 410 valence electrons. The van der Waals surface area contributed by atoms with Crippen molar-refractivity contribution in [3.05, 3.63) is 109 Å². The summed E-state index contributed by atoms with van der Waals surface area (Å²) >= 11 is 0. The molecule has 0 radical (unpaired) electrons. The van der Waals surface area contributed by atoms with E-state index in [-0.39, 0.29) is 31.1 Å². The van der Waals surface area contributed by atoms with Crippen molar-refractivity contribution >= 4 is 17.9 Å². The van der Waals surface area contributed by atoms with E-state index in [0.717, 1.165) is 128 Å². The molecule has 0 fully saturated rings. The highest BCUT2D eigenvalue weighted by Gasteiger charge is 2.19. The third-order valence-corrected chi connectivity index (χ3v) is 12.5. The average molecular weight is 1000 g/mol.